The number of carbonyl (C=O) groups excluding carboxylic acids is 1. The van der Waals surface area contributed by atoms with Crippen molar-refractivity contribution < 1.29 is 24.5 Å². The van der Waals surface area contributed by atoms with Crippen LogP contribution in [0.15, 0.2) is 58.8 Å². The van der Waals surface area contributed by atoms with Gasteiger partial charge in [-0.05, 0) is 63.4 Å². The van der Waals surface area contributed by atoms with Crippen molar-refractivity contribution >= 4 is 28.3 Å². The topological polar surface area (TPSA) is 117 Å². The highest BCUT2D eigenvalue weighted by molar-refractivity contribution is 7.13. The van der Waals surface area contributed by atoms with Crippen LogP contribution in [0, 0.1) is 0 Å². The normalized spacial score (nSPS) is 14.6. The molecule has 1 saturated heterocycles. The molecular formula is C32H38N4O6S. The van der Waals surface area contributed by atoms with Crippen LogP contribution >= 0.6 is 11.3 Å². The van der Waals surface area contributed by atoms with Crippen LogP contribution in [0.25, 0.3) is 21.5 Å². The number of likely N-dealkylation sites (tertiary alicyclic amines) is 1. The van der Waals surface area contributed by atoms with Gasteiger partial charge in [-0.25, -0.2) is 9.78 Å². The van der Waals surface area contributed by atoms with E-state index in [4.69, 9.17) is 9.47 Å². The predicted molar refractivity (Wildman–Crippen MR) is 167 cm³/mol. The highest BCUT2D eigenvalue weighted by Gasteiger charge is 2.31. The molecule has 1 amide bonds. The van der Waals surface area contributed by atoms with Gasteiger partial charge in [-0.2, -0.15) is 0 Å². The molecule has 2 aromatic heterocycles. The average molecular weight is 607 g/mol. The predicted octanol–water partition coefficient (Wildman–Crippen LogP) is 5.45. The standard InChI is InChI=1S/C32H38N4O6S/c1-32(2,3)42-31(40)36(20-21-5-8-27(37)28(38)17-21)22-9-12-34(13-10-22)14-15-35-26-18-23(41-4)6-7-24(26)25(19-29(35)39)30-33-11-16-43-30/h5-8,11,16-19,22,37-38H,9-10,12-15,20H2,1-4H3. The summed E-state index contributed by atoms with van der Waals surface area (Å²) in [6.07, 6.45) is 2.79. The van der Waals surface area contributed by atoms with Crippen LogP contribution < -0.4 is 10.3 Å². The number of benzene rings is 2. The lowest BCUT2D eigenvalue weighted by Crippen LogP contribution is -2.49. The van der Waals surface area contributed by atoms with Gasteiger partial charge in [0, 0.05) is 73.4 Å². The van der Waals surface area contributed by atoms with E-state index in [1.165, 1.54) is 23.5 Å². The van der Waals surface area contributed by atoms with Gasteiger partial charge in [0.15, 0.2) is 11.5 Å². The number of piperidine rings is 1. The number of phenols is 2. The Kier molecular flexibility index (Phi) is 8.93. The monoisotopic (exact) mass is 606 g/mol. The number of methoxy groups -OCH3 is 1. The first-order valence-corrected chi connectivity index (χ1v) is 15.2. The fourth-order valence-corrected chi connectivity index (χ4v) is 6.14. The van der Waals surface area contributed by atoms with Crippen molar-refractivity contribution in [2.45, 2.75) is 58.3 Å². The highest BCUT2D eigenvalue weighted by Crippen LogP contribution is 2.31. The Morgan fingerprint density at radius 1 is 1.07 bits per heavy atom. The van der Waals surface area contributed by atoms with Crippen molar-refractivity contribution in [1.82, 2.24) is 19.4 Å². The molecule has 0 unspecified atom stereocenters. The molecule has 0 bridgehead atoms. The first kappa shape index (κ1) is 30.4. The molecule has 2 aromatic carbocycles. The number of phenolic OH excluding ortho intramolecular Hbond substituents is 2. The van der Waals surface area contributed by atoms with Gasteiger partial charge in [-0.15, -0.1) is 11.3 Å². The molecule has 0 aliphatic carbocycles. The second-order valence-electron chi connectivity index (χ2n) is 11.8. The number of aromatic hydroxyl groups is 2. The summed E-state index contributed by atoms with van der Waals surface area (Å²) in [6.45, 7) is 8.44. The Labute approximate surface area is 254 Å². The van der Waals surface area contributed by atoms with E-state index in [1.54, 1.807) is 34.9 Å². The number of amides is 1. The minimum absolute atomic E-state index is 0.0626. The highest BCUT2D eigenvalue weighted by atomic mass is 32.1. The summed E-state index contributed by atoms with van der Waals surface area (Å²) in [7, 11) is 1.61. The molecule has 4 aromatic rings. The second-order valence-corrected chi connectivity index (χ2v) is 12.7. The van der Waals surface area contributed by atoms with Crippen molar-refractivity contribution in [3.05, 3.63) is 70.0 Å². The Morgan fingerprint density at radius 3 is 2.49 bits per heavy atom. The minimum atomic E-state index is -0.652. The van der Waals surface area contributed by atoms with E-state index in [1.807, 2.05) is 44.4 Å². The first-order chi connectivity index (χ1) is 20.5. The molecule has 1 aliphatic rings. The van der Waals surface area contributed by atoms with Crippen LogP contribution in [0.5, 0.6) is 17.2 Å². The van der Waals surface area contributed by atoms with Crippen LogP contribution in [0.2, 0.25) is 0 Å². The van der Waals surface area contributed by atoms with Crippen LogP contribution in [0.4, 0.5) is 4.79 Å². The number of fused-ring (bicyclic) bond motifs is 1. The van der Waals surface area contributed by atoms with Gasteiger partial charge in [0.1, 0.15) is 16.4 Å². The maximum atomic E-state index is 13.4. The second kappa shape index (κ2) is 12.6. The molecule has 2 N–H and O–H groups in total. The Balaban J connectivity index is 1.30. The molecule has 0 saturated carbocycles. The zero-order chi connectivity index (χ0) is 30.7. The maximum Gasteiger partial charge on any atom is 0.410 e. The Hall–Kier alpha value is -4.09. The number of hydrogen-bond acceptors (Lipinski definition) is 9. The van der Waals surface area contributed by atoms with E-state index in [2.05, 4.69) is 9.88 Å². The van der Waals surface area contributed by atoms with Crippen molar-refractivity contribution in [1.29, 1.82) is 0 Å². The average Bonchev–Trinajstić information content (AvgIpc) is 3.51. The summed E-state index contributed by atoms with van der Waals surface area (Å²) in [4.78, 5) is 35.1. The smallest absolute Gasteiger partial charge is 0.410 e. The molecule has 11 heteroatoms. The van der Waals surface area contributed by atoms with Gasteiger partial charge in [-0.1, -0.05) is 6.07 Å². The van der Waals surface area contributed by atoms with Crippen LogP contribution in [0.3, 0.4) is 0 Å². The molecule has 10 nitrogen and oxygen atoms in total. The van der Waals surface area contributed by atoms with E-state index in [-0.39, 0.29) is 29.6 Å². The fourth-order valence-electron chi connectivity index (χ4n) is 5.47. The molecule has 5 rings (SSSR count). The number of rotatable bonds is 8. The number of nitrogens with zero attached hydrogens (tertiary/aromatic N) is 4. The first-order valence-electron chi connectivity index (χ1n) is 14.4. The zero-order valence-corrected chi connectivity index (χ0v) is 25.8. The number of thiazole rings is 1. The van der Waals surface area contributed by atoms with Crippen molar-refractivity contribution in [3.63, 3.8) is 0 Å². The number of hydrogen-bond donors (Lipinski definition) is 2. The lowest BCUT2D eigenvalue weighted by molar-refractivity contribution is 0.00564. The third kappa shape index (κ3) is 7.11. The largest absolute Gasteiger partial charge is 0.504 e. The SMILES string of the molecule is COc1ccc2c(-c3nccs3)cc(=O)n(CCN3CCC(N(Cc4ccc(O)c(O)c4)C(=O)OC(C)(C)C)CC3)c2c1. The number of pyridine rings is 1. The maximum absolute atomic E-state index is 13.4. The lowest BCUT2D eigenvalue weighted by Gasteiger charge is -2.39. The van der Waals surface area contributed by atoms with Gasteiger partial charge in [-0.3, -0.25) is 4.79 Å². The summed E-state index contributed by atoms with van der Waals surface area (Å²) in [5.41, 5.74) is 1.58. The van der Waals surface area contributed by atoms with Gasteiger partial charge < -0.3 is 34.1 Å². The summed E-state index contributed by atoms with van der Waals surface area (Å²) >= 11 is 1.50. The number of aromatic nitrogens is 2. The van der Waals surface area contributed by atoms with Crippen LogP contribution in [-0.4, -0.2) is 74.0 Å². The van der Waals surface area contributed by atoms with Crippen molar-refractivity contribution in [2.75, 3.05) is 26.7 Å². The lowest BCUT2D eigenvalue weighted by atomic mass is 10.0. The van der Waals surface area contributed by atoms with Crippen LogP contribution in [0.1, 0.15) is 39.2 Å². The molecule has 1 aliphatic heterocycles. The number of carbonyl (C=O) groups is 1. The van der Waals surface area contributed by atoms with Crippen LogP contribution in [-0.2, 0) is 17.8 Å². The summed E-state index contributed by atoms with van der Waals surface area (Å²) in [5, 5.41) is 23.4. The van der Waals surface area contributed by atoms with Gasteiger partial charge in [0.2, 0.25) is 0 Å². The van der Waals surface area contributed by atoms with E-state index in [0.29, 0.717) is 24.4 Å². The molecular weight excluding hydrogens is 568 g/mol. The Bertz CT molecular complexity index is 1640. The van der Waals surface area contributed by atoms with Gasteiger partial charge in [0.05, 0.1) is 12.6 Å². The molecule has 0 spiro atoms. The molecule has 0 atom stereocenters. The van der Waals surface area contributed by atoms with E-state index in [0.717, 1.165) is 47.4 Å². The zero-order valence-electron chi connectivity index (χ0n) is 24.9. The molecule has 0 radical (unpaired) electrons. The van der Waals surface area contributed by atoms with E-state index >= 15 is 0 Å². The third-order valence-corrected chi connectivity index (χ3v) is 8.45. The molecule has 228 valence electrons. The molecule has 43 heavy (non-hydrogen) atoms. The quantitative estimate of drug-likeness (QED) is 0.255. The summed E-state index contributed by atoms with van der Waals surface area (Å²) in [6, 6.07) is 12.0. The van der Waals surface area contributed by atoms with E-state index < -0.39 is 11.7 Å². The molecule has 1 fully saturated rings. The van der Waals surface area contributed by atoms with E-state index in [9.17, 15) is 19.8 Å². The summed E-state index contributed by atoms with van der Waals surface area (Å²) < 4.78 is 13.0. The minimum Gasteiger partial charge on any atom is -0.504 e. The number of ether oxygens (including phenoxy) is 2. The van der Waals surface area contributed by atoms with Gasteiger partial charge >= 0.3 is 6.09 Å². The van der Waals surface area contributed by atoms with Gasteiger partial charge in [0.25, 0.3) is 5.56 Å². The third-order valence-electron chi connectivity index (χ3n) is 7.64. The summed E-state index contributed by atoms with van der Waals surface area (Å²) in [5.74, 6) is 0.252. The molecule has 3 heterocycles. The van der Waals surface area contributed by atoms with Crippen molar-refractivity contribution in [3.8, 4) is 27.8 Å². The Morgan fingerprint density at radius 2 is 1.84 bits per heavy atom. The van der Waals surface area contributed by atoms with Crippen molar-refractivity contribution in [2.24, 2.45) is 0 Å². The fraction of sp³-hybridized carbons (Fsp3) is 0.406.